The number of nitrogens with two attached hydrogens (primary N) is 1. The minimum atomic E-state index is -4.86. The number of carbonyl (C=O) groups is 2. The summed E-state index contributed by atoms with van der Waals surface area (Å²) >= 11 is 1.07. The van der Waals surface area contributed by atoms with Crippen molar-refractivity contribution in [1.29, 1.82) is 0 Å². The monoisotopic (exact) mass is 416 g/mol. The van der Waals surface area contributed by atoms with Crippen molar-refractivity contribution < 1.29 is 32.3 Å². The molecule has 0 heterocycles. The van der Waals surface area contributed by atoms with E-state index in [4.69, 9.17) is 5.73 Å². The Morgan fingerprint density at radius 1 is 1.14 bits per heavy atom. The SMILES string of the molecule is CC(O)(CSc1ccc(F)cc1)C(=O)Nc1ccc(C(N)=O)c(C(F)(F)F)c1. The molecule has 28 heavy (non-hydrogen) atoms. The summed E-state index contributed by atoms with van der Waals surface area (Å²) < 4.78 is 52.2. The molecule has 150 valence electrons. The molecule has 4 N–H and O–H groups in total. The fourth-order valence-corrected chi connectivity index (χ4v) is 3.06. The van der Waals surface area contributed by atoms with Crippen molar-refractivity contribution in [3.8, 4) is 0 Å². The number of hydrogen-bond acceptors (Lipinski definition) is 4. The minimum Gasteiger partial charge on any atom is -0.379 e. The largest absolute Gasteiger partial charge is 0.417 e. The van der Waals surface area contributed by atoms with Gasteiger partial charge in [-0.05, 0) is 49.4 Å². The van der Waals surface area contributed by atoms with Gasteiger partial charge >= 0.3 is 6.18 Å². The van der Waals surface area contributed by atoms with E-state index in [0.717, 1.165) is 23.9 Å². The Bertz CT molecular complexity index is 883. The van der Waals surface area contributed by atoms with Gasteiger partial charge in [-0.1, -0.05) is 0 Å². The smallest absolute Gasteiger partial charge is 0.379 e. The van der Waals surface area contributed by atoms with Crippen molar-refractivity contribution in [2.75, 3.05) is 11.1 Å². The number of carbonyl (C=O) groups excluding carboxylic acids is 2. The number of nitrogens with one attached hydrogen (secondary N) is 1. The fraction of sp³-hybridized carbons (Fsp3) is 0.222. The summed E-state index contributed by atoms with van der Waals surface area (Å²) in [6.45, 7) is 1.20. The van der Waals surface area contributed by atoms with Crippen molar-refractivity contribution in [1.82, 2.24) is 0 Å². The van der Waals surface area contributed by atoms with Crippen LogP contribution in [0, 0.1) is 5.82 Å². The maximum atomic E-state index is 13.1. The van der Waals surface area contributed by atoms with Gasteiger partial charge in [-0.25, -0.2) is 4.39 Å². The van der Waals surface area contributed by atoms with Gasteiger partial charge < -0.3 is 16.2 Å². The van der Waals surface area contributed by atoms with E-state index >= 15 is 0 Å². The van der Waals surface area contributed by atoms with Gasteiger partial charge in [0.1, 0.15) is 11.4 Å². The summed E-state index contributed by atoms with van der Waals surface area (Å²) in [6.07, 6.45) is -4.86. The standard InChI is InChI=1S/C18H16F4N2O3S/c1-17(27,9-28-12-5-2-10(19)3-6-12)16(26)24-11-4-7-13(15(23)25)14(8-11)18(20,21)22/h2-8,27H,9H2,1H3,(H2,23,25)(H,24,26). The molecule has 0 aliphatic carbocycles. The first-order chi connectivity index (χ1) is 12.9. The van der Waals surface area contributed by atoms with Crippen LogP contribution in [0.25, 0.3) is 0 Å². The third-order valence-corrected chi connectivity index (χ3v) is 4.98. The molecular formula is C18H16F4N2O3S. The Labute approximate surface area is 161 Å². The van der Waals surface area contributed by atoms with Crippen molar-refractivity contribution in [2.24, 2.45) is 5.73 Å². The quantitative estimate of drug-likeness (QED) is 0.497. The summed E-state index contributed by atoms with van der Waals surface area (Å²) in [5.41, 5.74) is 0.732. The van der Waals surface area contributed by atoms with Gasteiger partial charge in [0.05, 0.1) is 11.1 Å². The van der Waals surface area contributed by atoms with Crippen LogP contribution in [0.5, 0.6) is 0 Å². The second-order valence-electron chi connectivity index (χ2n) is 6.09. The lowest BCUT2D eigenvalue weighted by molar-refractivity contribution is -0.138. The lowest BCUT2D eigenvalue weighted by atomic mass is 10.0. The number of amides is 2. The van der Waals surface area contributed by atoms with E-state index in [1.54, 1.807) is 0 Å². The maximum absolute atomic E-state index is 13.1. The van der Waals surface area contributed by atoms with Gasteiger partial charge in [-0.2, -0.15) is 13.2 Å². The number of anilines is 1. The first-order valence-electron chi connectivity index (χ1n) is 7.83. The molecule has 0 aliphatic rings. The topological polar surface area (TPSA) is 92.4 Å². The number of hydrogen-bond donors (Lipinski definition) is 3. The molecule has 0 saturated heterocycles. The summed E-state index contributed by atoms with van der Waals surface area (Å²) in [5.74, 6) is -2.76. The molecule has 1 unspecified atom stereocenters. The number of aliphatic hydroxyl groups is 1. The maximum Gasteiger partial charge on any atom is 0.417 e. The minimum absolute atomic E-state index is 0.129. The zero-order chi connectivity index (χ0) is 21.1. The molecule has 5 nitrogen and oxygen atoms in total. The normalized spacial score (nSPS) is 13.6. The Morgan fingerprint density at radius 3 is 2.29 bits per heavy atom. The van der Waals surface area contributed by atoms with E-state index < -0.39 is 40.5 Å². The molecule has 1 atom stereocenters. The average Bonchev–Trinajstić information content (AvgIpc) is 2.60. The van der Waals surface area contributed by atoms with Gasteiger partial charge in [-0.3, -0.25) is 9.59 Å². The summed E-state index contributed by atoms with van der Waals surface area (Å²) in [7, 11) is 0. The van der Waals surface area contributed by atoms with Crippen molar-refractivity contribution in [2.45, 2.75) is 23.6 Å². The molecule has 0 fully saturated rings. The van der Waals surface area contributed by atoms with E-state index in [2.05, 4.69) is 5.32 Å². The van der Waals surface area contributed by atoms with Crippen LogP contribution in [0.4, 0.5) is 23.2 Å². The van der Waals surface area contributed by atoms with Crippen LogP contribution in [0.2, 0.25) is 0 Å². The van der Waals surface area contributed by atoms with Gasteiger partial charge in [0.15, 0.2) is 0 Å². The van der Waals surface area contributed by atoms with Gasteiger partial charge in [-0.15, -0.1) is 11.8 Å². The number of alkyl halides is 3. The third-order valence-electron chi connectivity index (χ3n) is 3.67. The molecule has 0 saturated carbocycles. The highest BCUT2D eigenvalue weighted by Gasteiger charge is 2.36. The van der Waals surface area contributed by atoms with Crippen LogP contribution in [0.15, 0.2) is 47.4 Å². The molecular weight excluding hydrogens is 400 g/mol. The number of primary amides is 1. The van der Waals surface area contributed by atoms with Crippen molar-refractivity contribution >= 4 is 29.3 Å². The Hall–Kier alpha value is -2.59. The molecule has 0 spiro atoms. The Morgan fingerprint density at radius 2 is 1.75 bits per heavy atom. The lowest BCUT2D eigenvalue weighted by Crippen LogP contribution is -2.42. The van der Waals surface area contributed by atoms with Crippen LogP contribution >= 0.6 is 11.8 Å². The van der Waals surface area contributed by atoms with Crippen LogP contribution in [0.1, 0.15) is 22.8 Å². The predicted octanol–water partition coefficient (Wildman–Crippen LogP) is 3.43. The van der Waals surface area contributed by atoms with Crippen LogP contribution in [-0.2, 0) is 11.0 Å². The molecule has 10 heteroatoms. The third kappa shape index (κ3) is 5.46. The van der Waals surface area contributed by atoms with Gasteiger partial charge in [0, 0.05) is 16.3 Å². The van der Waals surface area contributed by atoms with Gasteiger partial charge in [0.2, 0.25) is 5.91 Å². The Kier molecular flexibility index (Phi) is 6.35. The van der Waals surface area contributed by atoms with Crippen LogP contribution in [0.3, 0.4) is 0 Å². The first kappa shape index (κ1) is 21.7. The number of benzene rings is 2. The Balaban J connectivity index is 2.14. The molecule has 0 bridgehead atoms. The number of halogens is 4. The van der Waals surface area contributed by atoms with E-state index in [-0.39, 0.29) is 11.4 Å². The second-order valence-corrected chi connectivity index (χ2v) is 7.14. The highest BCUT2D eigenvalue weighted by molar-refractivity contribution is 7.99. The molecule has 2 aromatic rings. The number of thioether (sulfide) groups is 1. The molecule has 0 radical (unpaired) electrons. The zero-order valence-corrected chi connectivity index (χ0v) is 15.3. The van der Waals surface area contributed by atoms with Crippen molar-refractivity contribution in [3.63, 3.8) is 0 Å². The average molecular weight is 416 g/mol. The van der Waals surface area contributed by atoms with E-state index in [0.29, 0.717) is 11.0 Å². The summed E-state index contributed by atoms with van der Waals surface area (Å²) in [4.78, 5) is 24.0. The summed E-state index contributed by atoms with van der Waals surface area (Å²) in [5, 5.41) is 12.5. The van der Waals surface area contributed by atoms with E-state index in [1.165, 1.54) is 31.2 Å². The molecule has 0 aromatic heterocycles. The van der Waals surface area contributed by atoms with Crippen molar-refractivity contribution in [3.05, 3.63) is 59.4 Å². The van der Waals surface area contributed by atoms with Crippen LogP contribution in [-0.4, -0.2) is 28.3 Å². The fourth-order valence-electron chi connectivity index (χ4n) is 2.16. The van der Waals surface area contributed by atoms with Gasteiger partial charge in [0.25, 0.3) is 5.91 Å². The lowest BCUT2D eigenvalue weighted by Gasteiger charge is -2.22. The molecule has 0 aliphatic heterocycles. The van der Waals surface area contributed by atoms with Crippen LogP contribution < -0.4 is 11.1 Å². The molecule has 2 aromatic carbocycles. The molecule has 2 amide bonds. The highest BCUT2D eigenvalue weighted by atomic mass is 32.2. The molecule has 2 rings (SSSR count). The zero-order valence-electron chi connectivity index (χ0n) is 14.5. The second kappa shape index (κ2) is 8.19. The predicted molar refractivity (Wildman–Crippen MR) is 96.3 cm³/mol. The summed E-state index contributed by atoms with van der Waals surface area (Å²) in [6, 6.07) is 7.87. The van der Waals surface area contributed by atoms with E-state index in [9.17, 15) is 32.3 Å². The first-order valence-corrected chi connectivity index (χ1v) is 8.82. The number of rotatable bonds is 6. The van der Waals surface area contributed by atoms with E-state index in [1.807, 2.05) is 0 Å². The highest BCUT2D eigenvalue weighted by Crippen LogP contribution is 2.34.